The smallest absolute Gasteiger partial charge is 0.0265 e. The van der Waals surface area contributed by atoms with Crippen LogP contribution in [0, 0.1) is 0 Å². The Morgan fingerprint density at radius 1 is 1.22 bits per heavy atom. The van der Waals surface area contributed by atoms with E-state index < -0.39 is 0 Å². The molecule has 0 aliphatic rings. The minimum absolute atomic E-state index is 0.995. The molecule has 0 saturated carbocycles. The first kappa shape index (κ1) is 9.43. The molecule has 0 radical (unpaired) electrons. The highest BCUT2D eigenvalue weighted by molar-refractivity contribution is 7.38. The van der Waals surface area contributed by atoms with E-state index in [4.69, 9.17) is 0 Å². The van der Waals surface area contributed by atoms with Crippen molar-refractivity contribution in [1.82, 2.24) is 0 Å². The number of hydrogen-bond acceptors (Lipinski definition) is 0. The average Bonchev–Trinajstić information content (AvgIpc) is 1.85. The van der Waals surface area contributed by atoms with E-state index in [1.807, 2.05) is 0 Å². The SMILES string of the molecule is CCCPC(C)CCC. The lowest BCUT2D eigenvalue weighted by molar-refractivity contribution is 0.781. The molecular formula is C8H19P. The van der Waals surface area contributed by atoms with Crippen molar-refractivity contribution in [2.24, 2.45) is 0 Å². The third kappa shape index (κ3) is 6.31. The van der Waals surface area contributed by atoms with Gasteiger partial charge in [-0.1, -0.05) is 33.6 Å². The summed E-state index contributed by atoms with van der Waals surface area (Å²) in [5.41, 5.74) is 0.995. The van der Waals surface area contributed by atoms with Crippen molar-refractivity contribution in [1.29, 1.82) is 0 Å². The van der Waals surface area contributed by atoms with Gasteiger partial charge in [-0.15, -0.1) is 8.58 Å². The summed E-state index contributed by atoms with van der Waals surface area (Å²) in [7, 11) is 1.21. The van der Waals surface area contributed by atoms with Crippen LogP contribution in [0.1, 0.15) is 40.0 Å². The van der Waals surface area contributed by atoms with Crippen LogP contribution in [0.15, 0.2) is 0 Å². The summed E-state index contributed by atoms with van der Waals surface area (Å²) in [6.45, 7) is 6.91. The Bertz CT molecular complexity index is 52.5. The van der Waals surface area contributed by atoms with Gasteiger partial charge in [0.15, 0.2) is 0 Å². The maximum Gasteiger partial charge on any atom is -0.0265 e. The van der Waals surface area contributed by atoms with Gasteiger partial charge in [0.2, 0.25) is 0 Å². The normalized spacial score (nSPS) is 15.0. The highest BCUT2D eigenvalue weighted by Gasteiger charge is 1.96. The van der Waals surface area contributed by atoms with Crippen LogP contribution >= 0.6 is 8.58 Å². The summed E-state index contributed by atoms with van der Waals surface area (Å²) in [5, 5.41) is 0. The van der Waals surface area contributed by atoms with Crippen LogP contribution in [0.25, 0.3) is 0 Å². The lowest BCUT2D eigenvalue weighted by Gasteiger charge is -2.07. The molecule has 0 aliphatic heterocycles. The molecule has 0 rings (SSSR count). The molecule has 0 heterocycles. The highest BCUT2D eigenvalue weighted by Crippen LogP contribution is 2.22. The van der Waals surface area contributed by atoms with Gasteiger partial charge in [0, 0.05) is 0 Å². The molecule has 56 valence electrons. The molecule has 0 aromatic heterocycles. The molecule has 0 aliphatic carbocycles. The van der Waals surface area contributed by atoms with E-state index in [-0.39, 0.29) is 0 Å². The van der Waals surface area contributed by atoms with Crippen LogP contribution in [-0.2, 0) is 0 Å². The number of hydrogen-bond donors (Lipinski definition) is 0. The van der Waals surface area contributed by atoms with E-state index in [1.54, 1.807) is 0 Å². The second-order valence-corrected chi connectivity index (χ2v) is 4.54. The molecule has 0 amide bonds. The molecule has 0 nitrogen and oxygen atoms in total. The van der Waals surface area contributed by atoms with Gasteiger partial charge in [0.1, 0.15) is 0 Å². The quantitative estimate of drug-likeness (QED) is 0.522. The third-order valence-corrected chi connectivity index (χ3v) is 3.24. The molecule has 1 heteroatoms. The van der Waals surface area contributed by atoms with E-state index in [0.29, 0.717) is 0 Å². The first-order chi connectivity index (χ1) is 4.31. The molecule has 0 fully saturated rings. The van der Waals surface area contributed by atoms with Gasteiger partial charge in [-0.2, -0.15) is 0 Å². The zero-order chi connectivity index (χ0) is 7.11. The lowest BCUT2D eigenvalue weighted by atomic mass is 10.3. The van der Waals surface area contributed by atoms with E-state index in [1.165, 1.54) is 34.0 Å². The van der Waals surface area contributed by atoms with Crippen molar-refractivity contribution in [3.8, 4) is 0 Å². The minimum Gasteiger partial charge on any atom is -0.119 e. The van der Waals surface area contributed by atoms with Crippen molar-refractivity contribution in [3.05, 3.63) is 0 Å². The van der Waals surface area contributed by atoms with Crippen molar-refractivity contribution in [3.63, 3.8) is 0 Å². The molecule has 0 aromatic rings. The molecular weight excluding hydrogens is 127 g/mol. The fourth-order valence-corrected chi connectivity index (χ4v) is 2.20. The second-order valence-electron chi connectivity index (χ2n) is 2.64. The van der Waals surface area contributed by atoms with E-state index in [2.05, 4.69) is 20.8 Å². The molecule has 0 aromatic carbocycles. The van der Waals surface area contributed by atoms with Gasteiger partial charge in [-0.05, 0) is 18.2 Å². The van der Waals surface area contributed by atoms with Crippen LogP contribution < -0.4 is 0 Å². The Labute approximate surface area is 61.2 Å². The van der Waals surface area contributed by atoms with Crippen LogP contribution in [-0.4, -0.2) is 11.8 Å². The standard InChI is InChI=1S/C8H19P/c1-4-6-8(3)9-7-5-2/h8-9H,4-7H2,1-3H3. The predicted molar refractivity (Wildman–Crippen MR) is 47.8 cm³/mol. The Morgan fingerprint density at radius 2 is 1.89 bits per heavy atom. The van der Waals surface area contributed by atoms with Gasteiger partial charge in [-0.25, -0.2) is 0 Å². The van der Waals surface area contributed by atoms with Crippen LogP contribution in [0.5, 0.6) is 0 Å². The largest absolute Gasteiger partial charge is 0.119 e. The average molecular weight is 146 g/mol. The van der Waals surface area contributed by atoms with Crippen LogP contribution in [0.4, 0.5) is 0 Å². The van der Waals surface area contributed by atoms with E-state index in [9.17, 15) is 0 Å². The van der Waals surface area contributed by atoms with Gasteiger partial charge in [-0.3, -0.25) is 0 Å². The van der Waals surface area contributed by atoms with Crippen molar-refractivity contribution >= 4 is 8.58 Å². The van der Waals surface area contributed by atoms with E-state index in [0.717, 1.165) is 5.66 Å². The zero-order valence-electron chi connectivity index (χ0n) is 6.91. The molecule has 0 saturated heterocycles. The van der Waals surface area contributed by atoms with Crippen LogP contribution in [0.3, 0.4) is 0 Å². The molecule has 0 spiro atoms. The fraction of sp³-hybridized carbons (Fsp3) is 1.00. The summed E-state index contributed by atoms with van der Waals surface area (Å²) in [6, 6.07) is 0. The predicted octanol–water partition coefficient (Wildman–Crippen LogP) is 3.26. The molecule has 0 bridgehead atoms. The third-order valence-electron chi connectivity index (χ3n) is 1.46. The summed E-state index contributed by atoms with van der Waals surface area (Å²) in [4.78, 5) is 0. The Morgan fingerprint density at radius 3 is 2.33 bits per heavy atom. The Kier molecular flexibility index (Phi) is 6.86. The first-order valence-corrected chi connectivity index (χ1v) is 5.33. The van der Waals surface area contributed by atoms with Crippen molar-refractivity contribution in [2.75, 3.05) is 6.16 Å². The van der Waals surface area contributed by atoms with E-state index >= 15 is 0 Å². The Balaban J connectivity index is 2.95. The monoisotopic (exact) mass is 146 g/mol. The lowest BCUT2D eigenvalue weighted by Crippen LogP contribution is -1.92. The molecule has 9 heavy (non-hydrogen) atoms. The Hall–Kier alpha value is 0.430. The molecule has 0 N–H and O–H groups in total. The second kappa shape index (κ2) is 6.55. The molecule has 2 atom stereocenters. The number of rotatable bonds is 5. The topological polar surface area (TPSA) is 0 Å². The van der Waals surface area contributed by atoms with Gasteiger partial charge in [0.05, 0.1) is 0 Å². The first-order valence-electron chi connectivity index (χ1n) is 4.04. The maximum atomic E-state index is 2.37. The molecule has 2 unspecified atom stereocenters. The maximum absolute atomic E-state index is 2.37. The summed E-state index contributed by atoms with van der Waals surface area (Å²) < 4.78 is 0. The highest BCUT2D eigenvalue weighted by atomic mass is 31.1. The zero-order valence-corrected chi connectivity index (χ0v) is 7.91. The van der Waals surface area contributed by atoms with Crippen LogP contribution in [0.2, 0.25) is 0 Å². The van der Waals surface area contributed by atoms with Gasteiger partial charge in [0.25, 0.3) is 0 Å². The summed E-state index contributed by atoms with van der Waals surface area (Å²) in [5.74, 6) is 0. The summed E-state index contributed by atoms with van der Waals surface area (Å²) in [6.07, 6.45) is 5.60. The van der Waals surface area contributed by atoms with Crippen molar-refractivity contribution in [2.45, 2.75) is 45.7 Å². The minimum atomic E-state index is 0.995. The van der Waals surface area contributed by atoms with Gasteiger partial charge >= 0.3 is 0 Å². The summed E-state index contributed by atoms with van der Waals surface area (Å²) >= 11 is 0. The van der Waals surface area contributed by atoms with Crippen molar-refractivity contribution < 1.29 is 0 Å². The fourth-order valence-electron chi connectivity index (χ4n) is 0.926. The van der Waals surface area contributed by atoms with Gasteiger partial charge < -0.3 is 0 Å².